The molecule has 1 N–H and O–H groups in total. The van der Waals surface area contributed by atoms with Crippen LogP contribution in [0.4, 0.5) is 4.39 Å². The third-order valence-corrected chi connectivity index (χ3v) is 19.3. The van der Waals surface area contributed by atoms with Gasteiger partial charge in [0.25, 0.3) is 0 Å². The second-order valence-electron chi connectivity index (χ2n) is 6.14. The van der Waals surface area contributed by atoms with Gasteiger partial charge >= 0.3 is 136 Å². The summed E-state index contributed by atoms with van der Waals surface area (Å²) in [5.41, 5.74) is -1.30. The minimum absolute atomic E-state index is 0.398. The van der Waals surface area contributed by atoms with Gasteiger partial charge in [0.1, 0.15) is 0 Å². The molecule has 0 aliphatic heterocycles. The monoisotopic (exact) mass is 420 g/mol. The summed E-state index contributed by atoms with van der Waals surface area (Å²) in [4.78, 5) is 25.8. The molecular weight excluding hydrogens is 390 g/mol. The van der Waals surface area contributed by atoms with Crippen LogP contribution in [-0.4, -0.2) is 26.4 Å². The summed E-state index contributed by atoms with van der Waals surface area (Å²) >= 11 is -3.04. The van der Waals surface area contributed by atoms with Crippen molar-refractivity contribution in [1.82, 2.24) is 7.77 Å². The van der Waals surface area contributed by atoms with E-state index in [9.17, 15) is 14.0 Å². The van der Waals surface area contributed by atoms with E-state index >= 15 is 0 Å². The van der Waals surface area contributed by atoms with Crippen LogP contribution in [0.1, 0.15) is 59.3 Å². The third-order valence-electron chi connectivity index (χ3n) is 4.40. The van der Waals surface area contributed by atoms with Crippen molar-refractivity contribution < 1.29 is 4.39 Å². The number of nitrogens with one attached hydrogen (secondary N) is 1. The average molecular weight is 419 g/mol. The van der Waals surface area contributed by atoms with Crippen molar-refractivity contribution >= 4 is 18.7 Å². The van der Waals surface area contributed by atoms with E-state index in [4.69, 9.17) is 0 Å². The molecule has 1 rings (SSSR count). The normalized spacial score (nSPS) is 11.8. The molecule has 0 aliphatic carbocycles. The maximum absolute atomic E-state index is 13.8. The first-order valence-electron chi connectivity index (χ1n) is 8.52. The van der Waals surface area contributed by atoms with Gasteiger partial charge in [0, 0.05) is 0 Å². The molecule has 0 fully saturated rings. The number of aromatic nitrogens is 2. The summed E-state index contributed by atoms with van der Waals surface area (Å²) in [5.74, 6) is -0.829. The Kier molecular flexibility index (Phi) is 8.42. The number of aromatic amines is 1. The van der Waals surface area contributed by atoms with E-state index < -0.39 is 35.7 Å². The molecule has 0 unspecified atom stereocenters. The fourth-order valence-corrected chi connectivity index (χ4v) is 18.4. The van der Waals surface area contributed by atoms with Gasteiger partial charge in [-0.3, -0.25) is 0 Å². The molecule has 6 heteroatoms. The summed E-state index contributed by atoms with van der Waals surface area (Å²) in [5, 5.41) is 0. The van der Waals surface area contributed by atoms with Gasteiger partial charge in [-0.25, -0.2) is 0 Å². The molecule has 0 saturated carbocycles. The van der Waals surface area contributed by atoms with Crippen LogP contribution in [0.3, 0.4) is 0 Å². The van der Waals surface area contributed by atoms with E-state index in [1.807, 2.05) is 0 Å². The van der Waals surface area contributed by atoms with E-state index in [1.165, 1.54) is 6.20 Å². The maximum atomic E-state index is 13.8. The number of H-pyrrole nitrogens is 1. The van der Waals surface area contributed by atoms with Crippen LogP contribution in [0.2, 0.25) is 13.3 Å². The van der Waals surface area contributed by atoms with Gasteiger partial charge in [0.2, 0.25) is 0 Å². The van der Waals surface area contributed by atoms with Gasteiger partial charge in [0.05, 0.1) is 0 Å². The molecule has 0 aliphatic rings. The Balaban J connectivity index is 3.33. The first-order chi connectivity index (χ1) is 10.5. The van der Waals surface area contributed by atoms with Crippen LogP contribution in [0.5, 0.6) is 0 Å². The Morgan fingerprint density at radius 3 is 1.86 bits per heavy atom. The standard InChI is InChI=1S/C4H3FN2O2.3C4H9.Sn/c5-2-1-6-4(9)7-3(2)8;3*1-3-4-2;/h1H,(H2,6,7,8,9);3*1,3-4H2,2H3;/q;;;;+1/p-1. The van der Waals surface area contributed by atoms with Crippen molar-refractivity contribution in [3.05, 3.63) is 32.9 Å². The van der Waals surface area contributed by atoms with Crippen molar-refractivity contribution in [3.63, 3.8) is 0 Å². The average Bonchev–Trinajstić information content (AvgIpc) is 2.51. The molecule has 4 nitrogen and oxygen atoms in total. The second kappa shape index (κ2) is 9.53. The molecule has 1 aromatic rings. The molecule has 0 bridgehead atoms. The van der Waals surface area contributed by atoms with Crippen molar-refractivity contribution in [1.29, 1.82) is 0 Å². The Bertz CT molecular complexity index is 546. The first kappa shape index (κ1) is 19.5. The van der Waals surface area contributed by atoms with Gasteiger partial charge < -0.3 is 0 Å². The summed E-state index contributed by atoms with van der Waals surface area (Å²) in [6.45, 7) is 6.44. The summed E-state index contributed by atoms with van der Waals surface area (Å²) in [7, 11) is 0. The van der Waals surface area contributed by atoms with Crippen LogP contribution in [0.25, 0.3) is 0 Å². The molecule has 0 atom stereocenters. The molecule has 0 saturated heterocycles. The van der Waals surface area contributed by atoms with Crippen LogP contribution >= 0.6 is 0 Å². The first-order valence-corrected chi connectivity index (χ1v) is 15.9. The number of hydrogen-bond donors (Lipinski definition) is 1. The van der Waals surface area contributed by atoms with Gasteiger partial charge in [-0.2, -0.15) is 0 Å². The number of unbranched alkanes of at least 4 members (excludes halogenated alkanes) is 3. The SMILES string of the molecule is CCC[CH2][Sn]([CH2]CCC)([CH2]CCC)[n]1cc(F)c(=O)[nH]c1=O. The Hall–Kier alpha value is -0.591. The molecule has 0 radical (unpaired) electrons. The summed E-state index contributed by atoms with van der Waals surface area (Å²) in [6.07, 6.45) is 7.69. The molecule has 126 valence electrons. The zero-order chi connectivity index (χ0) is 16.6. The minimum atomic E-state index is -3.04. The summed E-state index contributed by atoms with van der Waals surface area (Å²) < 4.78 is 18.6. The Morgan fingerprint density at radius 1 is 1.00 bits per heavy atom. The predicted molar refractivity (Wildman–Crippen MR) is 91.6 cm³/mol. The zero-order valence-electron chi connectivity index (χ0n) is 14.1. The predicted octanol–water partition coefficient (Wildman–Crippen LogP) is 3.87. The fraction of sp³-hybridized carbons (Fsp3) is 0.750. The van der Waals surface area contributed by atoms with Crippen LogP contribution in [0.15, 0.2) is 15.8 Å². The molecule has 1 heterocycles. The molecule has 0 aromatic carbocycles. The molecule has 22 heavy (non-hydrogen) atoms. The molecule has 1 aromatic heterocycles. The third kappa shape index (κ3) is 4.96. The van der Waals surface area contributed by atoms with Gasteiger partial charge in [-0.05, 0) is 0 Å². The fourth-order valence-electron chi connectivity index (χ4n) is 3.05. The number of rotatable bonds is 10. The molecule has 0 amide bonds. The van der Waals surface area contributed by atoms with Gasteiger partial charge in [0.15, 0.2) is 0 Å². The summed E-state index contributed by atoms with van der Waals surface area (Å²) in [6, 6.07) is 0. The Labute approximate surface area is 136 Å². The number of hydrogen-bond acceptors (Lipinski definition) is 2. The number of halogens is 1. The van der Waals surface area contributed by atoms with Crippen molar-refractivity contribution in [2.75, 3.05) is 0 Å². The zero-order valence-corrected chi connectivity index (χ0v) is 16.9. The molecule has 0 spiro atoms. The second-order valence-corrected chi connectivity index (χ2v) is 18.8. The topological polar surface area (TPSA) is 54.9 Å². The van der Waals surface area contributed by atoms with E-state index in [-0.39, 0.29) is 0 Å². The van der Waals surface area contributed by atoms with E-state index in [1.54, 1.807) is 2.79 Å². The Morgan fingerprint density at radius 2 is 1.45 bits per heavy atom. The van der Waals surface area contributed by atoms with E-state index in [0.29, 0.717) is 0 Å². The molecular formula is C16H29FN2O2Sn. The van der Waals surface area contributed by atoms with Crippen LogP contribution < -0.4 is 11.2 Å². The van der Waals surface area contributed by atoms with Gasteiger partial charge in [-0.15, -0.1) is 0 Å². The van der Waals surface area contributed by atoms with Gasteiger partial charge in [-0.1, -0.05) is 0 Å². The van der Waals surface area contributed by atoms with Crippen LogP contribution in [-0.2, 0) is 0 Å². The quantitative estimate of drug-likeness (QED) is 0.586. The number of nitrogens with zero attached hydrogens (tertiary/aromatic N) is 1. The van der Waals surface area contributed by atoms with Crippen LogP contribution in [0, 0.1) is 5.82 Å². The van der Waals surface area contributed by atoms with Crippen molar-refractivity contribution in [3.8, 4) is 0 Å². The van der Waals surface area contributed by atoms with E-state index in [2.05, 4.69) is 25.8 Å². The van der Waals surface area contributed by atoms with E-state index in [0.717, 1.165) is 51.8 Å². The van der Waals surface area contributed by atoms with Crippen molar-refractivity contribution in [2.45, 2.75) is 72.6 Å². The van der Waals surface area contributed by atoms with Crippen molar-refractivity contribution in [2.24, 2.45) is 0 Å².